The molecular formula is C16H21NO2. The third kappa shape index (κ3) is 2.27. The van der Waals surface area contributed by atoms with Crippen LogP contribution < -0.4 is 10.5 Å². The number of ether oxygens (including phenoxy) is 1. The number of benzene rings is 1. The second-order valence-corrected chi connectivity index (χ2v) is 5.93. The van der Waals surface area contributed by atoms with Crippen LogP contribution in [0.25, 0.3) is 0 Å². The van der Waals surface area contributed by atoms with E-state index in [0.717, 1.165) is 17.7 Å². The van der Waals surface area contributed by atoms with Crippen LogP contribution in [-0.2, 0) is 11.2 Å². The van der Waals surface area contributed by atoms with Crippen LogP contribution in [0.2, 0.25) is 0 Å². The lowest BCUT2D eigenvalue weighted by atomic mass is 9.80. The molecule has 19 heavy (non-hydrogen) atoms. The van der Waals surface area contributed by atoms with E-state index in [-0.39, 0.29) is 12.0 Å². The molecular weight excluding hydrogens is 238 g/mol. The fraction of sp³-hybridized carbons (Fsp3) is 0.562. The van der Waals surface area contributed by atoms with Crippen molar-refractivity contribution in [1.82, 2.24) is 0 Å². The number of methoxy groups -OCH3 is 1. The van der Waals surface area contributed by atoms with Crippen molar-refractivity contribution in [2.24, 2.45) is 23.5 Å². The van der Waals surface area contributed by atoms with E-state index < -0.39 is 0 Å². The van der Waals surface area contributed by atoms with Crippen LogP contribution in [0.3, 0.4) is 0 Å². The highest BCUT2D eigenvalue weighted by molar-refractivity contribution is 5.84. The molecule has 1 aromatic carbocycles. The molecule has 1 aromatic rings. The summed E-state index contributed by atoms with van der Waals surface area (Å²) in [6.45, 7) is 0. The monoisotopic (exact) mass is 259 g/mol. The van der Waals surface area contributed by atoms with E-state index in [1.54, 1.807) is 7.11 Å². The second-order valence-electron chi connectivity index (χ2n) is 5.93. The fourth-order valence-electron chi connectivity index (χ4n) is 3.91. The Morgan fingerprint density at radius 1 is 1.37 bits per heavy atom. The standard InChI is InChI=1S/C16H21NO2/c1-19-13-4-2-3-10(7-13)8-14(18)15-11-5-6-12(9-11)16(15)17/h2-4,7,11-12,15-16H,5-6,8-9,17H2,1H3. The van der Waals surface area contributed by atoms with Gasteiger partial charge in [0.2, 0.25) is 0 Å². The number of fused-ring (bicyclic) bond motifs is 2. The minimum Gasteiger partial charge on any atom is -0.497 e. The zero-order valence-electron chi connectivity index (χ0n) is 11.3. The van der Waals surface area contributed by atoms with E-state index in [4.69, 9.17) is 10.5 Å². The van der Waals surface area contributed by atoms with Crippen molar-refractivity contribution in [3.63, 3.8) is 0 Å². The summed E-state index contributed by atoms with van der Waals surface area (Å²) in [6, 6.07) is 7.85. The van der Waals surface area contributed by atoms with Gasteiger partial charge in [-0.15, -0.1) is 0 Å². The zero-order valence-corrected chi connectivity index (χ0v) is 11.3. The molecule has 2 aliphatic carbocycles. The van der Waals surface area contributed by atoms with Crippen molar-refractivity contribution in [1.29, 1.82) is 0 Å². The van der Waals surface area contributed by atoms with Crippen LogP contribution in [0.4, 0.5) is 0 Å². The Morgan fingerprint density at radius 2 is 2.16 bits per heavy atom. The highest BCUT2D eigenvalue weighted by Gasteiger charge is 2.48. The molecule has 2 saturated carbocycles. The Morgan fingerprint density at radius 3 is 2.84 bits per heavy atom. The van der Waals surface area contributed by atoms with Gasteiger partial charge in [0.25, 0.3) is 0 Å². The SMILES string of the molecule is COc1cccc(CC(=O)C2C3CCC(C3)C2N)c1. The van der Waals surface area contributed by atoms with Gasteiger partial charge in [-0.25, -0.2) is 0 Å². The molecule has 0 heterocycles. The molecule has 2 bridgehead atoms. The molecule has 3 heteroatoms. The van der Waals surface area contributed by atoms with Crippen LogP contribution in [0.5, 0.6) is 5.75 Å². The van der Waals surface area contributed by atoms with Gasteiger partial charge in [0, 0.05) is 18.4 Å². The first-order valence-corrected chi connectivity index (χ1v) is 7.10. The Balaban J connectivity index is 1.71. The number of carbonyl (C=O) groups excluding carboxylic acids is 1. The summed E-state index contributed by atoms with van der Waals surface area (Å²) in [7, 11) is 1.65. The molecule has 4 atom stereocenters. The average Bonchev–Trinajstić information content (AvgIpc) is 2.99. The minimum atomic E-state index is 0.0879. The zero-order chi connectivity index (χ0) is 13.4. The smallest absolute Gasteiger partial charge is 0.142 e. The normalized spacial score (nSPS) is 32.5. The largest absolute Gasteiger partial charge is 0.497 e. The Labute approximate surface area is 114 Å². The Hall–Kier alpha value is -1.35. The van der Waals surface area contributed by atoms with Gasteiger partial charge in [-0.3, -0.25) is 4.79 Å². The van der Waals surface area contributed by atoms with Crippen LogP contribution in [-0.4, -0.2) is 18.9 Å². The number of carbonyl (C=O) groups is 1. The average molecular weight is 259 g/mol. The maximum Gasteiger partial charge on any atom is 0.142 e. The number of hydrogen-bond donors (Lipinski definition) is 1. The summed E-state index contributed by atoms with van der Waals surface area (Å²) in [6.07, 6.45) is 4.05. The van der Waals surface area contributed by atoms with E-state index in [2.05, 4.69) is 0 Å². The summed E-state index contributed by atoms with van der Waals surface area (Å²) >= 11 is 0. The quantitative estimate of drug-likeness (QED) is 0.901. The molecule has 3 nitrogen and oxygen atoms in total. The van der Waals surface area contributed by atoms with Crippen LogP contribution in [0, 0.1) is 17.8 Å². The van der Waals surface area contributed by atoms with Gasteiger partial charge in [-0.05, 0) is 48.8 Å². The topological polar surface area (TPSA) is 52.3 Å². The lowest BCUT2D eigenvalue weighted by Gasteiger charge is -2.26. The first kappa shape index (κ1) is 12.7. The third-order valence-electron chi connectivity index (χ3n) is 4.86. The molecule has 0 spiro atoms. The van der Waals surface area contributed by atoms with E-state index in [9.17, 15) is 4.79 Å². The van der Waals surface area contributed by atoms with E-state index in [1.807, 2.05) is 24.3 Å². The number of nitrogens with two attached hydrogens (primary N) is 1. The molecule has 0 radical (unpaired) electrons. The maximum absolute atomic E-state index is 12.5. The number of hydrogen-bond acceptors (Lipinski definition) is 3. The van der Waals surface area contributed by atoms with Crippen molar-refractivity contribution in [2.75, 3.05) is 7.11 Å². The van der Waals surface area contributed by atoms with Gasteiger partial charge < -0.3 is 10.5 Å². The highest BCUT2D eigenvalue weighted by atomic mass is 16.5. The predicted molar refractivity (Wildman–Crippen MR) is 74.0 cm³/mol. The summed E-state index contributed by atoms with van der Waals surface area (Å²) in [4.78, 5) is 12.5. The third-order valence-corrected chi connectivity index (χ3v) is 4.86. The lowest BCUT2D eigenvalue weighted by molar-refractivity contribution is -0.124. The minimum absolute atomic E-state index is 0.0879. The van der Waals surface area contributed by atoms with Gasteiger partial charge >= 0.3 is 0 Å². The Kier molecular flexibility index (Phi) is 3.31. The number of Topliss-reactive ketones (excluding diaryl/α,β-unsaturated/α-hetero) is 1. The van der Waals surface area contributed by atoms with E-state index in [1.165, 1.54) is 12.8 Å². The van der Waals surface area contributed by atoms with Crippen molar-refractivity contribution in [3.05, 3.63) is 29.8 Å². The first-order chi connectivity index (χ1) is 9.19. The summed E-state index contributed by atoms with van der Waals surface area (Å²) < 4.78 is 5.20. The molecule has 4 unspecified atom stereocenters. The van der Waals surface area contributed by atoms with Gasteiger partial charge in [0.1, 0.15) is 11.5 Å². The molecule has 2 aliphatic rings. The van der Waals surface area contributed by atoms with E-state index in [0.29, 0.717) is 24.0 Å². The van der Waals surface area contributed by atoms with Crippen molar-refractivity contribution >= 4 is 5.78 Å². The summed E-state index contributed by atoms with van der Waals surface area (Å²) in [5, 5.41) is 0. The molecule has 3 rings (SSSR count). The van der Waals surface area contributed by atoms with Crippen LogP contribution in [0.15, 0.2) is 24.3 Å². The number of ketones is 1. The number of rotatable bonds is 4. The molecule has 2 N–H and O–H groups in total. The van der Waals surface area contributed by atoms with E-state index >= 15 is 0 Å². The summed E-state index contributed by atoms with van der Waals surface area (Å²) in [5.41, 5.74) is 7.26. The van der Waals surface area contributed by atoms with Crippen LogP contribution in [0.1, 0.15) is 24.8 Å². The fourth-order valence-corrected chi connectivity index (χ4v) is 3.91. The molecule has 0 aliphatic heterocycles. The molecule has 0 aromatic heterocycles. The maximum atomic E-state index is 12.5. The van der Waals surface area contributed by atoms with Gasteiger partial charge in [0.05, 0.1) is 7.11 Å². The second kappa shape index (κ2) is 4.97. The molecule has 102 valence electrons. The molecule has 0 amide bonds. The van der Waals surface area contributed by atoms with Gasteiger partial charge in [0.15, 0.2) is 0 Å². The highest BCUT2D eigenvalue weighted by Crippen LogP contribution is 2.48. The Bertz CT molecular complexity index is 483. The predicted octanol–water partition coefficient (Wildman–Crippen LogP) is 2.18. The van der Waals surface area contributed by atoms with Gasteiger partial charge in [-0.2, -0.15) is 0 Å². The lowest BCUT2D eigenvalue weighted by Crippen LogP contribution is -2.40. The van der Waals surface area contributed by atoms with Crippen molar-refractivity contribution < 1.29 is 9.53 Å². The first-order valence-electron chi connectivity index (χ1n) is 7.10. The molecule has 2 fully saturated rings. The summed E-state index contributed by atoms with van der Waals surface area (Å²) in [5.74, 6) is 2.34. The van der Waals surface area contributed by atoms with Gasteiger partial charge in [-0.1, -0.05) is 12.1 Å². The van der Waals surface area contributed by atoms with Crippen LogP contribution >= 0.6 is 0 Å². The van der Waals surface area contributed by atoms with Crippen molar-refractivity contribution in [3.8, 4) is 5.75 Å². The van der Waals surface area contributed by atoms with Crippen molar-refractivity contribution in [2.45, 2.75) is 31.7 Å². The molecule has 0 saturated heterocycles.